The molecule has 1 heterocycles. The molecule has 0 fully saturated rings. The van der Waals surface area contributed by atoms with E-state index in [1.54, 1.807) is 38.3 Å². The molecule has 112 valence electrons. The molecule has 0 bridgehead atoms. The van der Waals surface area contributed by atoms with Crippen LogP contribution in [0.2, 0.25) is 0 Å². The van der Waals surface area contributed by atoms with Crippen LogP contribution in [0, 0.1) is 0 Å². The largest absolute Gasteiger partial charge is 0.497 e. The molecule has 7 heteroatoms. The van der Waals surface area contributed by atoms with Gasteiger partial charge in [0.2, 0.25) is 17.6 Å². The lowest BCUT2D eigenvalue weighted by Crippen LogP contribution is -2.36. The number of amides is 1. The van der Waals surface area contributed by atoms with E-state index in [0.717, 1.165) is 11.3 Å². The Morgan fingerprint density at radius 3 is 2.76 bits per heavy atom. The Kier molecular flexibility index (Phi) is 4.89. The lowest BCUT2D eigenvalue weighted by Gasteiger charge is -2.08. The van der Waals surface area contributed by atoms with Gasteiger partial charge in [-0.15, -0.1) is 0 Å². The summed E-state index contributed by atoms with van der Waals surface area (Å²) in [5, 5.41) is 15.3. The molecular weight excluding hydrogens is 274 g/mol. The predicted octanol–water partition coefficient (Wildman–Crippen LogP) is 0.785. The number of benzene rings is 1. The van der Waals surface area contributed by atoms with Gasteiger partial charge in [0.05, 0.1) is 13.7 Å². The van der Waals surface area contributed by atoms with Crippen molar-refractivity contribution in [1.82, 2.24) is 15.5 Å². The lowest BCUT2D eigenvalue weighted by atomic mass is 10.2. The summed E-state index contributed by atoms with van der Waals surface area (Å²) in [5.41, 5.74) is 0.773. The van der Waals surface area contributed by atoms with Crippen molar-refractivity contribution in [2.24, 2.45) is 0 Å². The van der Waals surface area contributed by atoms with Gasteiger partial charge in [-0.1, -0.05) is 5.16 Å². The standard InChI is InChI=1S/C14H17N3O4/c1-9(8-18)15-12(19)7-13-16-14(17-21-13)10-3-5-11(20-2)6-4-10/h3-6,9,18H,7-8H2,1-2H3,(H,15,19). The first-order valence-corrected chi connectivity index (χ1v) is 6.49. The van der Waals surface area contributed by atoms with Gasteiger partial charge in [-0.2, -0.15) is 4.98 Å². The quantitative estimate of drug-likeness (QED) is 0.816. The van der Waals surface area contributed by atoms with Crippen molar-refractivity contribution >= 4 is 5.91 Å². The molecule has 0 aliphatic rings. The van der Waals surface area contributed by atoms with Gasteiger partial charge in [0, 0.05) is 11.6 Å². The van der Waals surface area contributed by atoms with Crippen LogP contribution in [0.25, 0.3) is 11.4 Å². The Balaban J connectivity index is 2.02. The van der Waals surface area contributed by atoms with Crippen LogP contribution in [0.4, 0.5) is 0 Å². The number of aliphatic hydroxyl groups excluding tert-OH is 1. The summed E-state index contributed by atoms with van der Waals surface area (Å²) in [6.07, 6.45) is -0.0203. The number of aromatic nitrogens is 2. The fourth-order valence-electron chi connectivity index (χ4n) is 1.69. The minimum atomic E-state index is -0.304. The Morgan fingerprint density at radius 1 is 1.43 bits per heavy atom. The normalized spacial score (nSPS) is 12.0. The Labute approximate surface area is 121 Å². The van der Waals surface area contributed by atoms with E-state index in [-0.39, 0.29) is 30.9 Å². The number of aliphatic hydroxyl groups is 1. The molecule has 0 radical (unpaired) electrons. The monoisotopic (exact) mass is 291 g/mol. The van der Waals surface area contributed by atoms with Crippen molar-refractivity contribution in [3.05, 3.63) is 30.2 Å². The van der Waals surface area contributed by atoms with E-state index in [1.807, 2.05) is 0 Å². The van der Waals surface area contributed by atoms with Gasteiger partial charge in [-0.05, 0) is 31.2 Å². The van der Waals surface area contributed by atoms with E-state index in [0.29, 0.717) is 5.82 Å². The molecule has 2 aromatic rings. The molecule has 21 heavy (non-hydrogen) atoms. The smallest absolute Gasteiger partial charge is 0.236 e. The zero-order valence-electron chi connectivity index (χ0n) is 11.9. The maximum atomic E-state index is 11.6. The van der Waals surface area contributed by atoms with E-state index in [4.69, 9.17) is 14.4 Å². The molecule has 2 rings (SSSR count). The van der Waals surface area contributed by atoms with Crippen molar-refractivity contribution in [2.75, 3.05) is 13.7 Å². The van der Waals surface area contributed by atoms with Crippen molar-refractivity contribution in [3.63, 3.8) is 0 Å². The number of methoxy groups -OCH3 is 1. The second kappa shape index (κ2) is 6.85. The van der Waals surface area contributed by atoms with Crippen LogP contribution >= 0.6 is 0 Å². The zero-order valence-corrected chi connectivity index (χ0v) is 11.9. The first kappa shape index (κ1) is 15.0. The highest BCUT2D eigenvalue weighted by Gasteiger charge is 2.14. The van der Waals surface area contributed by atoms with Gasteiger partial charge in [0.25, 0.3) is 0 Å². The minimum absolute atomic E-state index is 0.0203. The second-order valence-electron chi connectivity index (χ2n) is 4.57. The van der Waals surface area contributed by atoms with E-state index in [9.17, 15) is 4.79 Å². The van der Waals surface area contributed by atoms with Crippen LogP contribution in [-0.2, 0) is 11.2 Å². The minimum Gasteiger partial charge on any atom is -0.497 e. The summed E-state index contributed by atoms with van der Waals surface area (Å²) in [4.78, 5) is 15.8. The van der Waals surface area contributed by atoms with E-state index < -0.39 is 0 Å². The average Bonchev–Trinajstić information content (AvgIpc) is 2.95. The molecule has 1 atom stereocenters. The summed E-state index contributed by atoms with van der Waals surface area (Å²) >= 11 is 0. The first-order valence-electron chi connectivity index (χ1n) is 6.49. The summed E-state index contributed by atoms with van der Waals surface area (Å²) in [5.74, 6) is 1.10. The molecule has 0 saturated heterocycles. The van der Waals surface area contributed by atoms with Gasteiger partial charge in [0.15, 0.2) is 0 Å². The number of nitrogens with zero attached hydrogens (tertiary/aromatic N) is 2. The third-order valence-electron chi connectivity index (χ3n) is 2.81. The summed E-state index contributed by atoms with van der Waals surface area (Å²) < 4.78 is 10.1. The maximum absolute atomic E-state index is 11.6. The Bertz CT molecular complexity index is 595. The number of hydrogen-bond donors (Lipinski definition) is 2. The summed E-state index contributed by atoms with van der Waals surface area (Å²) in [7, 11) is 1.59. The van der Waals surface area contributed by atoms with Crippen molar-refractivity contribution in [1.29, 1.82) is 0 Å². The lowest BCUT2D eigenvalue weighted by molar-refractivity contribution is -0.121. The van der Waals surface area contributed by atoms with Crippen molar-refractivity contribution in [2.45, 2.75) is 19.4 Å². The number of rotatable bonds is 6. The molecule has 1 unspecified atom stereocenters. The van der Waals surface area contributed by atoms with Crippen molar-refractivity contribution < 1.29 is 19.2 Å². The highest BCUT2D eigenvalue weighted by molar-refractivity contribution is 5.78. The van der Waals surface area contributed by atoms with Crippen LogP contribution in [0.1, 0.15) is 12.8 Å². The molecule has 7 nitrogen and oxygen atoms in total. The topological polar surface area (TPSA) is 97.5 Å². The van der Waals surface area contributed by atoms with Crippen LogP contribution in [0.15, 0.2) is 28.8 Å². The van der Waals surface area contributed by atoms with Crippen LogP contribution < -0.4 is 10.1 Å². The second-order valence-corrected chi connectivity index (χ2v) is 4.57. The number of nitrogens with one attached hydrogen (secondary N) is 1. The average molecular weight is 291 g/mol. The third-order valence-corrected chi connectivity index (χ3v) is 2.81. The molecule has 0 saturated carbocycles. The molecule has 2 N–H and O–H groups in total. The number of hydrogen-bond acceptors (Lipinski definition) is 6. The Hall–Kier alpha value is -2.41. The molecule has 1 aromatic heterocycles. The fourth-order valence-corrected chi connectivity index (χ4v) is 1.69. The molecule has 0 spiro atoms. The van der Waals surface area contributed by atoms with Crippen molar-refractivity contribution in [3.8, 4) is 17.1 Å². The Morgan fingerprint density at radius 2 is 2.14 bits per heavy atom. The molecule has 0 aliphatic heterocycles. The molecular formula is C14H17N3O4. The molecule has 0 aliphatic carbocycles. The van der Waals surface area contributed by atoms with Gasteiger partial charge >= 0.3 is 0 Å². The van der Waals surface area contributed by atoms with Gasteiger partial charge in [-0.3, -0.25) is 4.79 Å². The fraction of sp³-hybridized carbons (Fsp3) is 0.357. The maximum Gasteiger partial charge on any atom is 0.236 e. The predicted molar refractivity (Wildman–Crippen MR) is 74.7 cm³/mol. The van der Waals surface area contributed by atoms with E-state index >= 15 is 0 Å². The molecule has 1 aromatic carbocycles. The highest BCUT2D eigenvalue weighted by atomic mass is 16.5. The number of ether oxygens (including phenoxy) is 1. The summed E-state index contributed by atoms with van der Waals surface area (Å²) in [6.45, 7) is 1.58. The highest BCUT2D eigenvalue weighted by Crippen LogP contribution is 2.19. The van der Waals surface area contributed by atoms with Crippen LogP contribution in [0.3, 0.4) is 0 Å². The number of carbonyl (C=O) groups excluding carboxylic acids is 1. The number of carbonyl (C=O) groups is 1. The van der Waals surface area contributed by atoms with Crippen LogP contribution in [0.5, 0.6) is 5.75 Å². The van der Waals surface area contributed by atoms with Gasteiger partial charge in [-0.25, -0.2) is 0 Å². The SMILES string of the molecule is COc1ccc(-c2noc(CC(=O)NC(C)CO)n2)cc1. The van der Waals surface area contributed by atoms with E-state index in [2.05, 4.69) is 15.5 Å². The van der Waals surface area contributed by atoms with Crippen LogP contribution in [-0.4, -0.2) is 40.9 Å². The zero-order chi connectivity index (χ0) is 15.2. The van der Waals surface area contributed by atoms with Gasteiger partial charge in [0.1, 0.15) is 12.2 Å². The molecule has 1 amide bonds. The first-order chi connectivity index (χ1) is 10.1. The summed E-state index contributed by atoms with van der Waals surface area (Å²) in [6, 6.07) is 6.89. The van der Waals surface area contributed by atoms with Gasteiger partial charge < -0.3 is 19.7 Å². The van der Waals surface area contributed by atoms with E-state index in [1.165, 1.54) is 0 Å². The third kappa shape index (κ3) is 4.03.